The van der Waals surface area contributed by atoms with Crippen LogP contribution in [0.25, 0.3) is 6.08 Å². The summed E-state index contributed by atoms with van der Waals surface area (Å²) in [4.78, 5) is 0. The first-order valence-electron chi connectivity index (χ1n) is 11.9. The number of hydrogen-bond donors (Lipinski definition) is 2. The fourth-order valence-electron chi connectivity index (χ4n) is 8.33. The van der Waals surface area contributed by atoms with E-state index in [9.17, 15) is 10.2 Å². The summed E-state index contributed by atoms with van der Waals surface area (Å²) in [5.41, 5.74) is 2.33. The lowest BCUT2D eigenvalue weighted by molar-refractivity contribution is -0.146. The number of rotatable bonds is 1. The Labute approximate surface area is 176 Å². The molecule has 0 unspecified atom stereocenters. The van der Waals surface area contributed by atoms with E-state index in [0.717, 1.165) is 37.5 Å². The predicted octanol–water partition coefficient (Wildman–Crippen LogP) is 5.83. The Morgan fingerprint density at radius 2 is 1.66 bits per heavy atom. The van der Waals surface area contributed by atoms with Crippen LogP contribution in [0.2, 0.25) is 0 Å². The molecule has 29 heavy (non-hydrogen) atoms. The third-order valence-electron chi connectivity index (χ3n) is 10.3. The number of aliphatic hydroxyl groups is 2. The lowest BCUT2D eigenvalue weighted by Gasteiger charge is -2.61. The zero-order valence-electron chi connectivity index (χ0n) is 18.4. The zero-order valence-corrected chi connectivity index (χ0v) is 18.4. The number of hydrogen-bond acceptors (Lipinski definition) is 2. The molecule has 2 heteroatoms. The quantitative estimate of drug-likeness (QED) is 0.629. The van der Waals surface area contributed by atoms with Crippen molar-refractivity contribution in [2.24, 2.45) is 34.5 Å². The van der Waals surface area contributed by atoms with E-state index in [1.165, 1.54) is 36.8 Å². The van der Waals surface area contributed by atoms with E-state index < -0.39 is 5.60 Å². The lowest BCUT2D eigenvalue weighted by atomic mass is 9.44. The normalized spacial score (nSPS) is 50.7. The molecule has 0 amide bonds. The molecular formula is C27H38O2. The van der Waals surface area contributed by atoms with E-state index in [-0.39, 0.29) is 11.5 Å². The van der Waals surface area contributed by atoms with Crippen molar-refractivity contribution in [2.45, 2.75) is 83.8 Å². The van der Waals surface area contributed by atoms with Crippen LogP contribution in [0.5, 0.6) is 0 Å². The van der Waals surface area contributed by atoms with Gasteiger partial charge in [-0.3, -0.25) is 0 Å². The average molecular weight is 395 g/mol. The molecule has 0 saturated heterocycles. The van der Waals surface area contributed by atoms with Crippen LogP contribution in [0, 0.1) is 34.5 Å². The molecule has 0 aromatic heterocycles. The largest absolute Gasteiger partial charge is 0.390 e. The monoisotopic (exact) mass is 394 g/mol. The third kappa shape index (κ3) is 2.89. The van der Waals surface area contributed by atoms with E-state index >= 15 is 0 Å². The average Bonchev–Trinajstić information content (AvgIpc) is 2.93. The summed E-state index contributed by atoms with van der Waals surface area (Å²) in [7, 11) is 0. The standard InChI is InChI=1S/C27H38O2/c1-25-17-19(15-18-7-5-4-6-8-18)24(28)16-20(25)9-10-21-22(25)11-13-26(2)23(21)12-14-27(26,3)29/h4-8,15,20-24,28-29H,9-14,16-17H2,1-3H3/b19-15+/t20-,21+,22-,23+,24+,25-,26+,27-/m0/s1. The van der Waals surface area contributed by atoms with Crippen molar-refractivity contribution >= 4 is 6.08 Å². The van der Waals surface area contributed by atoms with Crippen molar-refractivity contribution < 1.29 is 10.2 Å². The van der Waals surface area contributed by atoms with Crippen molar-refractivity contribution in [1.29, 1.82) is 0 Å². The molecule has 0 spiro atoms. The molecule has 158 valence electrons. The Balaban J connectivity index is 1.46. The van der Waals surface area contributed by atoms with Crippen molar-refractivity contribution in [1.82, 2.24) is 0 Å². The van der Waals surface area contributed by atoms with Crippen molar-refractivity contribution in [3.63, 3.8) is 0 Å². The molecule has 0 heterocycles. The van der Waals surface area contributed by atoms with E-state index in [1.807, 2.05) is 0 Å². The van der Waals surface area contributed by atoms with Crippen LogP contribution in [0.3, 0.4) is 0 Å². The van der Waals surface area contributed by atoms with Gasteiger partial charge in [-0.1, -0.05) is 50.3 Å². The number of benzene rings is 1. The molecule has 1 aromatic rings. The molecule has 5 rings (SSSR count). The maximum Gasteiger partial charge on any atom is 0.0756 e. The van der Waals surface area contributed by atoms with Gasteiger partial charge in [0, 0.05) is 0 Å². The van der Waals surface area contributed by atoms with Crippen LogP contribution < -0.4 is 0 Å². The molecule has 4 saturated carbocycles. The van der Waals surface area contributed by atoms with Crippen LogP contribution >= 0.6 is 0 Å². The fourth-order valence-corrected chi connectivity index (χ4v) is 8.33. The first kappa shape index (κ1) is 19.8. The molecule has 2 nitrogen and oxygen atoms in total. The Morgan fingerprint density at radius 3 is 2.41 bits per heavy atom. The van der Waals surface area contributed by atoms with Crippen LogP contribution in [0.1, 0.15) is 77.7 Å². The smallest absolute Gasteiger partial charge is 0.0756 e. The van der Waals surface area contributed by atoms with Gasteiger partial charge < -0.3 is 10.2 Å². The van der Waals surface area contributed by atoms with Crippen LogP contribution in [-0.4, -0.2) is 21.9 Å². The fraction of sp³-hybridized carbons (Fsp3) is 0.704. The van der Waals surface area contributed by atoms with Gasteiger partial charge in [0.15, 0.2) is 0 Å². The highest BCUT2D eigenvalue weighted by Gasteiger charge is 2.63. The van der Waals surface area contributed by atoms with Crippen molar-refractivity contribution in [3.05, 3.63) is 41.5 Å². The highest BCUT2D eigenvalue weighted by Crippen LogP contribution is 2.68. The highest BCUT2D eigenvalue weighted by molar-refractivity contribution is 5.54. The topological polar surface area (TPSA) is 40.5 Å². The third-order valence-corrected chi connectivity index (χ3v) is 10.3. The van der Waals surface area contributed by atoms with Gasteiger partial charge in [-0.15, -0.1) is 0 Å². The van der Waals surface area contributed by atoms with E-state index in [2.05, 4.69) is 57.2 Å². The summed E-state index contributed by atoms with van der Waals surface area (Å²) in [6, 6.07) is 10.5. The van der Waals surface area contributed by atoms with Crippen LogP contribution in [-0.2, 0) is 0 Å². The summed E-state index contributed by atoms with van der Waals surface area (Å²) >= 11 is 0. The summed E-state index contributed by atoms with van der Waals surface area (Å²) in [5.74, 6) is 2.79. The summed E-state index contributed by atoms with van der Waals surface area (Å²) in [6.07, 6.45) is 11.1. The summed E-state index contributed by atoms with van der Waals surface area (Å²) < 4.78 is 0. The molecule has 0 bridgehead atoms. The molecular weight excluding hydrogens is 356 g/mol. The number of aliphatic hydroxyl groups excluding tert-OH is 1. The van der Waals surface area contributed by atoms with Crippen molar-refractivity contribution in [2.75, 3.05) is 0 Å². The number of fused-ring (bicyclic) bond motifs is 5. The minimum absolute atomic E-state index is 0.0915. The molecule has 4 aliphatic rings. The van der Waals surface area contributed by atoms with Gasteiger partial charge in [0.25, 0.3) is 0 Å². The Hall–Kier alpha value is -1.12. The molecule has 1 aromatic carbocycles. The summed E-state index contributed by atoms with van der Waals surface area (Å²) in [6.45, 7) is 7.01. The molecule has 4 aliphatic carbocycles. The van der Waals surface area contributed by atoms with Crippen LogP contribution in [0.4, 0.5) is 0 Å². The minimum atomic E-state index is -0.498. The molecule has 4 fully saturated rings. The van der Waals surface area contributed by atoms with E-state index in [1.54, 1.807) is 0 Å². The first-order chi connectivity index (χ1) is 13.7. The molecule has 8 atom stereocenters. The zero-order chi connectivity index (χ0) is 20.4. The van der Waals surface area contributed by atoms with Gasteiger partial charge in [0.2, 0.25) is 0 Å². The second-order valence-electron chi connectivity index (χ2n) is 11.5. The SMILES string of the molecule is C[C@]12C/C(=C\c3ccccc3)[C@H](O)C[C@@H]1CC[C@H]1[C@H]3CC[C@](C)(O)[C@]3(C)CC[C@@H]12. The molecule has 0 radical (unpaired) electrons. The van der Waals surface area contributed by atoms with Crippen LogP contribution in [0.15, 0.2) is 35.9 Å². The summed E-state index contributed by atoms with van der Waals surface area (Å²) in [5, 5.41) is 22.1. The van der Waals surface area contributed by atoms with Gasteiger partial charge in [-0.2, -0.15) is 0 Å². The second kappa shape index (κ2) is 6.69. The second-order valence-corrected chi connectivity index (χ2v) is 11.5. The maximum absolute atomic E-state index is 11.1. The van der Waals surface area contributed by atoms with Gasteiger partial charge in [0.1, 0.15) is 0 Å². The molecule has 0 aliphatic heterocycles. The van der Waals surface area contributed by atoms with Gasteiger partial charge >= 0.3 is 0 Å². The Kier molecular flexibility index (Phi) is 4.57. The minimum Gasteiger partial charge on any atom is -0.390 e. The first-order valence-corrected chi connectivity index (χ1v) is 11.9. The van der Waals surface area contributed by atoms with Gasteiger partial charge in [-0.25, -0.2) is 0 Å². The van der Waals surface area contributed by atoms with Gasteiger partial charge in [0.05, 0.1) is 11.7 Å². The lowest BCUT2D eigenvalue weighted by Crippen LogP contribution is -2.56. The maximum atomic E-state index is 11.1. The Morgan fingerprint density at radius 1 is 0.931 bits per heavy atom. The van der Waals surface area contributed by atoms with Gasteiger partial charge in [-0.05, 0) is 104 Å². The van der Waals surface area contributed by atoms with E-state index in [0.29, 0.717) is 17.3 Å². The van der Waals surface area contributed by atoms with E-state index in [4.69, 9.17) is 0 Å². The predicted molar refractivity (Wildman–Crippen MR) is 118 cm³/mol. The highest BCUT2D eigenvalue weighted by atomic mass is 16.3. The molecule has 2 N–H and O–H groups in total. The van der Waals surface area contributed by atoms with Crippen molar-refractivity contribution in [3.8, 4) is 0 Å². The Bertz CT molecular complexity index is 796.